The number of hydrogen-bond acceptors (Lipinski definition) is 11. The highest BCUT2D eigenvalue weighted by Gasteiger charge is 2.49. The Morgan fingerprint density at radius 1 is 1.25 bits per heavy atom. The molecule has 0 radical (unpaired) electrons. The molecule has 1 aromatic rings. The number of terminal acetylenes is 1. The van der Waals surface area contributed by atoms with Gasteiger partial charge in [-0.25, -0.2) is 18.5 Å². The summed E-state index contributed by atoms with van der Waals surface area (Å²) in [6.07, 6.45) is 2.59. The predicted octanol–water partition coefficient (Wildman–Crippen LogP) is -1.71. The predicted molar refractivity (Wildman–Crippen MR) is 102 cm³/mol. The first kappa shape index (κ1) is 26.6. The molecule has 17 nitrogen and oxygen atoms in total. The lowest BCUT2D eigenvalue weighted by Crippen LogP contribution is -2.44. The van der Waals surface area contributed by atoms with Gasteiger partial charge in [0.05, 0.1) is 19.1 Å². The maximum Gasteiger partial charge on any atom is 0.490 e. The zero-order valence-electron chi connectivity index (χ0n) is 15.7. The van der Waals surface area contributed by atoms with Gasteiger partial charge < -0.3 is 35.2 Å². The number of ether oxygens (including phenoxy) is 1. The Morgan fingerprint density at radius 2 is 1.88 bits per heavy atom. The highest BCUT2D eigenvalue weighted by Crippen LogP contribution is 2.66. The Morgan fingerprint density at radius 3 is 2.44 bits per heavy atom. The van der Waals surface area contributed by atoms with Gasteiger partial charge in [-0.15, -0.1) is 12.3 Å². The van der Waals surface area contributed by atoms with Crippen LogP contribution in [0.5, 0.6) is 0 Å². The maximum absolute atomic E-state index is 12.2. The van der Waals surface area contributed by atoms with Crippen molar-refractivity contribution in [1.82, 2.24) is 9.55 Å². The van der Waals surface area contributed by atoms with E-state index in [4.69, 9.17) is 31.6 Å². The second-order valence-corrected chi connectivity index (χ2v) is 10.8. The molecule has 180 valence electrons. The molecule has 1 saturated heterocycles. The van der Waals surface area contributed by atoms with Gasteiger partial charge >= 0.3 is 29.2 Å². The lowest BCUT2D eigenvalue weighted by atomic mass is 10.0. The highest BCUT2D eigenvalue weighted by molar-refractivity contribution is 7.66. The molecule has 1 aliphatic rings. The van der Waals surface area contributed by atoms with Crippen LogP contribution in [0.1, 0.15) is 12.8 Å². The number of rotatable bonds is 9. The van der Waals surface area contributed by atoms with Crippen molar-refractivity contribution in [2.75, 3.05) is 12.3 Å². The molecule has 0 aromatic carbocycles. The number of aromatic nitrogens is 2. The van der Waals surface area contributed by atoms with Crippen LogP contribution < -0.4 is 17.0 Å². The van der Waals surface area contributed by atoms with E-state index < -0.39 is 59.3 Å². The minimum atomic E-state index is -5.74. The molecule has 32 heavy (non-hydrogen) atoms. The van der Waals surface area contributed by atoms with E-state index in [0.29, 0.717) is 0 Å². The van der Waals surface area contributed by atoms with Crippen molar-refractivity contribution in [1.29, 1.82) is 0 Å². The van der Waals surface area contributed by atoms with Gasteiger partial charge in [-0.2, -0.15) is 8.62 Å². The number of nitrogens with one attached hydrogen (secondary N) is 1. The molecule has 0 amide bonds. The summed E-state index contributed by atoms with van der Waals surface area (Å²) in [7, 11) is -16.8. The van der Waals surface area contributed by atoms with Crippen molar-refractivity contribution in [2.24, 2.45) is 0 Å². The molecule has 0 aliphatic carbocycles. The number of aromatic amines is 1. The Kier molecular flexibility index (Phi) is 7.75. The summed E-state index contributed by atoms with van der Waals surface area (Å²) in [5.41, 5.74) is 1.49. The third kappa shape index (κ3) is 6.69. The molecule has 1 fully saturated rings. The number of hydrogen-bond donors (Lipinski definition) is 7. The molecule has 8 N–H and O–H groups in total. The molecule has 0 saturated carbocycles. The average molecular weight is 521 g/mol. The number of aliphatic hydroxyl groups is 1. The molecule has 0 bridgehead atoms. The highest BCUT2D eigenvalue weighted by atomic mass is 31.3. The number of nitrogens with zero attached hydrogens (tertiary/aromatic N) is 1. The summed E-state index contributed by atoms with van der Waals surface area (Å²) in [6, 6.07) is 0. The largest absolute Gasteiger partial charge is 0.490 e. The molecule has 0 spiro atoms. The van der Waals surface area contributed by atoms with Crippen LogP contribution in [0.3, 0.4) is 0 Å². The van der Waals surface area contributed by atoms with E-state index in [1.54, 1.807) is 0 Å². The summed E-state index contributed by atoms with van der Waals surface area (Å²) in [4.78, 5) is 61.3. The van der Waals surface area contributed by atoms with Crippen molar-refractivity contribution in [3.8, 4) is 12.3 Å². The molecule has 2 unspecified atom stereocenters. The molecule has 1 aromatic heterocycles. The van der Waals surface area contributed by atoms with Gasteiger partial charge in [0.1, 0.15) is 11.8 Å². The second-order valence-electron chi connectivity index (χ2n) is 6.36. The monoisotopic (exact) mass is 521 g/mol. The quantitative estimate of drug-likeness (QED) is 0.141. The van der Waals surface area contributed by atoms with Crippen molar-refractivity contribution in [3.63, 3.8) is 0 Å². The number of phosphoric acid groups is 3. The summed E-state index contributed by atoms with van der Waals surface area (Å²) in [6.45, 7) is -0.981. The first-order valence-corrected chi connectivity index (χ1v) is 12.7. The second kappa shape index (κ2) is 9.32. The van der Waals surface area contributed by atoms with E-state index in [9.17, 15) is 33.3 Å². The molecule has 2 rings (SSSR count). The third-order valence-electron chi connectivity index (χ3n) is 3.93. The van der Waals surface area contributed by atoms with Crippen LogP contribution in [0.25, 0.3) is 0 Å². The number of aliphatic hydroxyl groups excluding tert-OH is 1. The summed E-state index contributed by atoms with van der Waals surface area (Å²) in [5, 5.41) is 10.3. The van der Waals surface area contributed by atoms with E-state index >= 15 is 0 Å². The van der Waals surface area contributed by atoms with Crippen LogP contribution >= 0.6 is 23.5 Å². The van der Waals surface area contributed by atoms with Gasteiger partial charge in [0.15, 0.2) is 5.72 Å². The lowest BCUT2D eigenvalue weighted by Gasteiger charge is -2.29. The van der Waals surface area contributed by atoms with Gasteiger partial charge in [-0.3, -0.25) is 18.9 Å². The van der Waals surface area contributed by atoms with E-state index in [1.807, 2.05) is 4.98 Å². The Balaban J connectivity index is 2.20. The van der Waals surface area contributed by atoms with Crippen LogP contribution in [-0.2, 0) is 37.3 Å². The normalized spacial score (nSPS) is 27.4. The molecule has 20 heteroatoms. The molecular formula is C12H18N3O14P3. The standard InChI is InChI=1S/C12H18N3O14P3/c1-2-3-12(15-5-7(13)10(17)14-11(15)18)4-8(16)9(27-12)6-26-31(22,23)29-32(24,25)28-30(19,20)21/h1,5,8-9,16H,3-4,6,13H2,(H,22,23)(H,24,25)(H,14,17,18)(H2,19,20,21)/t8-,9+,12+/m0/s1. The molecule has 2 heterocycles. The van der Waals surface area contributed by atoms with Gasteiger partial charge in [-0.05, 0) is 0 Å². The SMILES string of the molecule is C#CC[C@]1(n2cc(N)c(=O)[nH]c2=O)C[C@H](O)[C@@H](COP(=O)(O)OP(=O)(O)OP(=O)(O)O)O1. The van der Waals surface area contributed by atoms with Crippen molar-refractivity contribution >= 4 is 29.2 Å². The molecule has 5 atom stereocenters. The minimum absolute atomic E-state index is 0.332. The number of nitrogens with two attached hydrogens (primary N) is 1. The zero-order chi connectivity index (χ0) is 24.5. The first-order valence-electron chi connectivity index (χ1n) is 8.19. The van der Waals surface area contributed by atoms with E-state index in [0.717, 1.165) is 10.8 Å². The number of H-pyrrole nitrogens is 1. The van der Waals surface area contributed by atoms with E-state index in [-0.39, 0.29) is 18.5 Å². The third-order valence-corrected chi connectivity index (χ3v) is 7.74. The van der Waals surface area contributed by atoms with E-state index in [1.165, 1.54) is 0 Å². The van der Waals surface area contributed by atoms with Gasteiger partial charge in [0.25, 0.3) is 5.56 Å². The van der Waals surface area contributed by atoms with Crippen LogP contribution in [0, 0.1) is 12.3 Å². The molecule has 1 aliphatic heterocycles. The van der Waals surface area contributed by atoms with Crippen LogP contribution in [0.4, 0.5) is 5.69 Å². The van der Waals surface area contributed by atoms with E-state index in [2.05, 4.69) is 19.1 Å². The number of nitrogen functional groups attached to an aromatic ring is 1. The summed E-state index contributed by atoms with van der Waals surface area (Å²) < 4.78 is 51.8. The van der Waals surface area contributed by atoms with Crippen molar-refractivity contribution in [2.45, 2.75) is 30.8 Å². The summed E-state index contributed by atoms with van der Waals surface area (Å²) in [5.74, 6) is 2.22. The van der Waals surface area contributed by atoms with Crippen LogP contribution in [0.2, 0.25) is 0 Å². The zero-order valence-corrected chi connectivity index (χ0v) is 18.4. The topological polar surface area (TPSA) is 270 Å². The number of phosphoric ester groups is 1. The smallest absolute Gasteiger partial charge is 0.393 e. The Bertz CT molecular complexity index is 1170. The number of anilines is 1. The lowest BCUT2D eigenvalue weighted by molar-refractivity contribution is -0.115. The van der Waals surface area contributed by atoms with Gasteiger partial charge in [0.2, 0.25) is 0 Å². The van der Waals surface area contributed by atoms with Gasteiger partial charge in [-0.1, -0.05) is 0 Å². The molecular weight excluding hydrogens is 503 g/mol. The Hall–Kier alpha value is -1.63. The summed E-state index contributed by atoms with van der Waals surface area (Å²) >= 11 is 0. The average Bonchev–Trinajstić information content (AvgIpc) is 2.90. The first-order chi connectivity index (χ1) is 14.5. The van der Waals surface area contributed by atoms with Crippen LogP contribution in [-0.4, -0.2) is 53.0 Å². The van der Waals surface area contributed by atoms with Crippen LogP contribution in [0.15, 0.2) is 15.8 Å². The van der Waals surface area contributed by atoms with Crippen molar-refractivity contribution < 1.29 is 56.3 Å². The fourth-order valence-corrected chi connectivity index (χ4v) is 5.81. The Labute approximate surface area is 178 Å². The fraction of sp³-hybridized carbons (Fsp3) is 0.500. The van der Waals surface area contributed by atoms with Gasteiger partial charge in [0, 0.05) is 12.6 Å². The fourth-order valence-electron chi connectivity index (χ4n) is 2.78. The van der Waals surface area contributed by atoms with Crippen molar-refractivity contribution in [3.05, 3.63) is 27.0 Å². The maximum atomic E-state index is 12.2. The minimum Gasteiger partial charge on any atom is -0.393 e.